The molecule has 0 saturated heterocycles. The summed E-state index contributed by atoms with van der Waals surface area (Å²) in [7, 11) is 0. The highest BCUT2D eigenvalue weighted by atomic mass is 16.1. The lowest BCUT2D eigenvalue weighted by molar-refractivity contribution is -0.121. The molecule has 0 bridgehead atoms. The van der Waals surface area contributed by atoms with Gasteiger partial charge in [-0.3, -0.25) is 4.79 Å². The molecule has 2 atom stereocenters. The van der Waals surface area contributed by atoms with Crippen LogP contribution in [0.3, 0.4) is 0 Å². The van der Waals surface area contributed by atoms with Crippen molar-refractivity contribution in [3.8, 4) is 0 Å². The number of hydrogen-bond acceptors (Lipinski definition) is 2. The fraction of sp³-hybridized carbons (Fsp3) is 0.923. The Morgan fingerprint density at radius 1 is 1.25 bits per heavy atom. The molecule has 1 unspecified atom stereocenters. The second kappa shape index (κ2) is 6.89. The first kappa shape index (κ1) is 13.5. The van der Waals surface area contributed by atoms with E-state index in [4.69, 9.17) is 5.73 Å². The third-order valence-electron chi connectivity index (χ3n) is 3.84. The van der Waals surface area contributed by atoms with Gasteiger partial charge in [0, 0.05) is 18.5 Å². The van der Waals surface area contributed by atoms with Crippen molar-refractivity contribution < 1.29 is 4.79 Å². The topological polar surface area (TPSA) is 55.1 Å². The molecule has 0 heterocycles. The summed E-state index contributed by atoms with van der Waals surface area (Å²) in [5.41, 5.74) is 5.25. The van der Waals surface area contributed by atoms with Crippen LogP contribution < -0.4 is 11.1 Å². The van der Waals surface area contributed by atoms with Crippen LogP contribution in [0.15, 0.2) is 0 Å². The normalized spacial score (nSPS) is 22.4. The van der Waals surface area contributed by atoms with Crippen LogP contribution in [0.25, 0.3) is 0 Å². The molecule has 0 aliphatic heterocycles. The smallest absolute Gasteiger partial charge is 0.221 e. The van der Waals surface area contributed by atoms with Crippen molar-refractivity contribution in [3.05, 3.63) is 0 Å². The lowest BCUT2D eigenvalue weighted by atomic mass is 9.92. The number of amides is 1. The molecule has 1 amide bonds. The molecule has 1 aliphatic rings. The van der Waals surface area contributed by atoms with Crippen molar-refractivity contribution in [2.45, 2.75) is 58.4 Å². The number of rotatable bonds is 5. The van der Waals surface area contributed by atoms with E-state index in [-0.39, 0.29) is 11.8 Å². The SMILES string of the molecule is CC(CN[C@H](C)C1CCCCCC1)C(N)=O. The minimum atomic E-state index is -0.208. The highest BCUT2D eigenvalue weighted by Crippen LogP contribution is 2.25. The summed E-state index contributed by atoms with van der Waals surface area (Å²) < 4.78 is 0. The van der Waals surface area contributed by atoms with Crippen molar-refractivity contribution in [2.75, 3.05) is 6.54 Å². The number of carbonyl (C=O) groups excluding carboxylic acids is 1. The first-order valence-corrected chi connectivity index (χ1v) is 6.64. The molecule has 1 aliphatic carbocycles. The summed E-state index contributed by atoms with van der Waals surface area (Å²) in [4.78, 5) is 10.9. The van der Waals surface area contributed by atoms with Crippen molar-refractivity contribution in [2.24, 2.45) is 17.6 Å². The van der Waals surface area contributed by atoms with E-state index in [0.29, 0.717) is 12.6 Å². The second-order valence-electron chi connectivity index (χ2n) is 5.25. The fourth-order valence-corrected chi connectivity index (χ4v) is 2.44. The minimum absolute atomic E-state index is 0.0618. The van der Waals surface area contributed by atoms with E-state index in [1.54, 1.807) is 0 Å². The van der Waals surface area contributed by atoms with E-state index in [2.05, 4.69) is 12.2 Å². The van der Waals surface area contributed by atoms with Crippen LogP contribution in [0, 0.1) is 11.8 Å². The van der Waals surface area contributed by atoms with E-state index in [1.807, 2.05) is 6.92 Å². The van der Waals surface area contributed by atoms with Gasteiger partial charge in [-0.2, -0.15) is 0 Å². The van der Waals surface area contributed by atoms with Gasteiger partial charge in [-0.25, -0.2) is 0 Å². The standard InChI is InChI=1S/C13H26N2O/c1-10(13(14)16)9-15-11(2)12-7-5-3-4-6-8-12/h10-12,15H,3-9H2,1-2H3,(H2,14,16)/t10?,11-/m1/s1. The van der Waals surface area contributed by atoms with Gasteiger partial charge in [0.1, 0.15) is 0 Å². The largest absolute Gasteiger partial charge is 0.369 e. The molecule has 0 radical (unpaired) electrons. The van der Waals surface area contributed by atoms with Crippen LogP contribution >= 0.6 is 0 Å². The molecule has 3 N–H and O–H groups in total. The molecule has 3 heteroatoms. The van der Waals surface area contributed by atoms with Gasteiger partial charge in [-0.1, -0.05) is 32.6 Å². The van der Waals surface area contributed by atoms with E-state index in [9.17, 15) is 4.79 Å². The van der Waals surface area contributed by atoms with Gasteiger partial charge in [-0.15, -0.1) is 0 Å². The Morgan fingerprint density at radius 2 is 1.81 bits per heavy atom. The van der Waals surface area contributed by atoms with Crippen LogP contribution in [-0.2, 0) is 4.79 Å². The third-order valence-corrected chi connectivity index (χ3v) is 3.84. The number of hydrogen-bond donors (Lipinski definition) is 2. The fourth-order valence-electron chi connectivity index (χ4n) is 2.44. The molecule has 0 aromatic rings. The molecule has 1 rings (SSSR count). The van der Waals surface area contributed by atoms with E-state index in [1.165, 1.54) is 38.5 Å². The monoisotopic (exact) mass is 226 g/mol. The maximum atomic E-state index is 10.9. The minimum Gasteiger partial charge on any atom is -0.369 e. The number of carbonyl (C=O) groups is 1. The quantitative estimate of drug-likeness (QED) is 0.705. The molecular weight excluding hydrogens is 200 g/mol. The summed E-state index contributed by atoms with van der Waals surface area (Å²) in [5.74, 6) is 0.511. The molecule has 3 nitrogen and oxygen atoms in total. The van der Waals surface area contributed by atoms with Crippen LogP contribution in [0.2, 0.25) is 0 Å². The van der Waals surface area contributed by atoms with E-state index < -0.39 is 0 Å². The first-order chi connectivity index (χ1) is 7.61. The molecule has 1 fully saturated rings. The lowest BCUT2D eigenvalue weighted by Crippen LogP contribution is -2.39. The predicted octanol–water partition coefficient (Wildman–Crippen LogP) is 2.06. The average Bonchev–Trinajstić information content (AvgIpc) is 2.53. The maximum absolute atomic E-state index is 10.9. The summed E-state index contributed by atoms with van der Waals surface area (Å²) in [6.45, 7) is 4.84. The Kier molecular flexibility index (Phi) is 5.81. The summed E-state index contributed by atoms with van der Waals surface area (Å²) in [6.07, 6.45) is 8.17. The highest BCUT2D eigenvalue weighted by molar-refractivity contribution is 5.76. The Bertz CT molecular complexity index is 210. The highest BCUT2D eigenvalue weighted by Gasteiger charge is 2.19. The van der Waals surface area contributed by atoms with Crippen molar-refractivity contribution in [3.63, 3.8) is 0 Å². The summed E-state index contributed by atoms with van der Waals surface area (Å²) >= 11 is 0. The number of nitrogens with two attached hydrogens (primary N) is 1. The van der Waals surface area contributed by atoms with Gasteiger partial charge in [0.2, 0.25) is 5.91 Å². The average molecular weight is 226 g/mol. The van der Waals surface area contributed by atoms with E-state index in [0.717, 1.165) is 5.92 Å². The predicted molar refractivity (Wildman–Crippen MR) is 67.0 cm³/mol. The van der Waals surface area contributed by atoms with Gasteiger partial charge in [0.25, 0.3) is 0 Å². The van der Waals surface area contributed by atoms with Crippen molar-refractivity contribution in [1.29, 1.82) is 0 Å². The maximum Gasteiger partial charge on any atom is 0.221 e. The molecule has 0 aromatic heterocycles. The van der Waals surface area contributed by atoms with Crippen LogP contribution in [0.1, 0.15) is 52.4 Å². The van der Waals surface area contributed by atoms with Gasteiger partial charge < -0.3 is 11.1 Å². The molecule has 0 aromatic carbocycles. The van der Waals surface area contributed by atoms with Crippen LogP contribution in [0.4, 0.5) is 0 Å². The zero-order valence-electron chi connectivity index (χ0n) is 10.7. The molecule has 94 valence electrons. The number of primary amides is 1. The molecule has 16 heavy (non-hydrogen) atoms. The van der Waals surface area contributed by atoms with Gasteiger partial charge in [-0.05, 0) is 25.7 Å². The lowest BCUT2D eigenvalue weighted by Gasteiger charge is -2.24. The van der Waals surface area contributed by atoms with Gasteiger partial charge >= 0.3 is 0 Å². The Morgan fingerprint density at radius 3 is 2.31 bits per heavy atom. The summed E-state index contributed by atoms with van der Waals surface area (Å²) in [5, 5.41) is 3.46. The molecular formula is C13H26N2O. The first-order valence-electron chi connectivity index (χ1n) is 6.64. The van der Waals surface area contributed by atoms with Crippen molar-refractivity contribution >= 4 is 5.91 Å². The Hall–Kier alpha value is -0.570. The molecule has 1 saturated carbocycles. The van der Waals surface area contributed by atoms with Crippen molar-refractivity contribution in [1.82, 2.24) is 5.32 Å². The van der Waals surface area contributed by atoms with Crippen LogP contribution in [-0.4, -0.2) is 18.5 Å². The molecule has 0 spiro atoms. The van der Waals surface area contributed by atoms with Gasteiger partial charge in [0.15, 0.2) is 0 Å². The van der Waals surface area contributed by atoms with Gasteiger partial charge in [0.05, 0.1) is 0 Å². The third kappa shape index (κ3) is 4.52. The summed E-state index contributed by atoms with van der Waals surface area (Å²) in [6, 6.07) is 0.514. The Balaban J connectivity index is 2.27. The number of nitrogens with one attached hydrogen (secondary N) is 1. The zero-order chi connectivity index (χ0) is 12.0. The van der Waals surface area contributed by atoms with Crippen LogP contribution in [0.5, 0.6) is 0 Å². The second-order valence-corrected chi connectivity index (χ2v) is 5.25. The zero-order valence-corrected chi connectivity index (χ0v) is 10.7. The Labute approximate surface area is 99.2 Å². The van der Waals surface area contributed by atoms with E-state index >= 15 is 0 Å².